The number of hydrogen-bond donors (Lipinski definition) is 1. The maximum atomic E-state index is 10.1. The van der Waals surface area contributed by atoms with Gasteiger partial charge in [-0.2, -0.15) is 0 Å². The fourth-order valence-corrected chi connectivity index (χ4v) is 3.37. The van der Waals surface area contributed by atoms with Gasteiger partial charge in [0.25, 0.3) is 0 Å². The Bertz CT molecular complexity index is 960. The minimum Gasteiger partial charge on any atom is -0.507 e. The average molecular weight is 343 g/mol. The van der Waals surface area contributed by atoms with Crippen LogP contribution in [0.3, 0.4) is 0 Å². The van der Waals surface area contributed by atoms with E-state index in [1.807, 2.05) is 54.7 Å². The normalized spacial score (nSPS) is 17.1. The summed E-state index contributed by atoms with van der Waals surface area (Å²) in [6.07, 6.45) is 10.2. The van der Waals surface area contributed by atoms with Crippen molar-refractivity contribution in [2.75, 3.05) is 6.61 Å². The van der Waals surface area contributed by atoms with Crippen LogP contribution in [0.15, 0.2) is 72.9 Å². The van der Waals surface area contributed by atoms with Gasteiger partial charge in [-0.25, -0.2) is 0 Å². The van der Waals surface area contributed by atoms with Gasteiger partial charge in [0.05, 0.1) is 18.4 Å². The fourth-order valence-electron chi connectivity index (χ4n) is 3.37. The zero-order chi connectivity index (χ0) is 17.8. The van der Waals surface area contributed by atoms with E-state index in [4.69, 9.17) is 4.74 Å². The summed E-state index contributed by atoms with van der Waals surface area (Å²) in [5.74, 6) is 0.307. The minimum atomic E-state index is 0.179. The Morgan fingerprint density at radius 3 is 2.69 bits per heavy atom. The average Bonchev–Trinajstić information content (AvgIpc) is 3.21. The molecule has 2 aromatic carbocycles. The van der Waals surface area contributed by atoms with E-state index in [0.717, 1.165) is 34.9 Å². The molecule has 3 nitrogen and oxygen atoms in total. The number of aromatic nitrogens is 1. The molecule has 1 aliphatic rings. The van der Waals surface area contributed by atoms with Crippen LogP contribution in [0, 0.1) is 0 Å². The number of allylic oxidation sites excluding steroid dienone is 1. The van der Waals surface area contributed by atoms with Gasteiger partial charge in [-0.1, -0.05) is 48.6 Å². The minimum absolute atomic E-state index is 0.179. The second kappa shape index (κ2) is 7.54. The first-order chi connectivity index (χ1) is 12.8. The molecule has 1 atom stereocenters. The molecule has 4 rings (SSSR count). The molecule has 130 valence electrons. The third-order valence-electron chi connectivity index (χ3n) is 4.71. The van der Waals surface area contributed by atoms with E-state index in [-0.39, 0.29) is 6.10 Å². The Kier molecular flexibility index (Phi) is 4.80. The Morgan fingerprint density at radius 1 is 1.08 bits per heavy atom. The molecular formula is C23H21NO2. The maximum absolute atomic E-state index is 10.1. The largest absolute Gasteiger partial charge is 0.507 e. The Morgan fingerprint density at radius 2 is 1.92 bits per heavy atom. The number of phenols is 1. The van der Waals surface area contributed by atoms with Gasteiger partial charge in [-0.05, 0) is 53.6 Å². The van der Waals surface area contributed by atoms with E-state index >= 15 is 0 Å². The van der Waals surface area contributed by atoms with Crippen LogP contribution in [0.1, 0.15) is 24.1 Å². The molecule has 3 aromatic rings. The molecule has 0 fully saturated rings. The molecule has 0 aliphatic carbocycles. The summed E-state index contributed by atoms with van der Waals surface area (Å²) >= 11 is 0. The molecule has 1 N–H and O–H groups in total. The summed E-state index contributed by atoms with van der Waals surface area (Å²) in [4.78, 5) is 4.54. The third kappa shape index (κ3) is 3.53. The number of phenolic OH excluding ortho intramolecular Hbond substituents is 1. The van der Waals surface area contributed by atoms with Crippen molar-refractivity contribution in [2.45, 2.75) is 18.9 Å². The predicted octanol–water partition coefficient (Wildman–Crippen LogP) is 5.22. The van der Waals surface area contributed by atoms with Gasteiger partial charge in [0, 0.05) is 11.6 Å². The van der Waals surface area contributed by atoms with Gasteiger partial charge < -0.3 is 9.84 Å². The highest BCUT2D eigenvalue weighted by Crippen LogP contribution is 2.31. The van der Waals surface area contributed by atoms with Gasteiger partial charge in [0.1, 0.15) is 5.75 Å². The second-order valence-electron chi connectivity index (χ2n) is 6.44. The van der Waals surface area contributed by atoms with Crippen molar-refractivity contribution in [3.8, 4) is 5.75 Å². The summed E-state index contributed by atoms with van der Waals surface area (Å²) < 4.78 is 5.68. The standard InChI is InChI=1S/C23H21NO2/c25-23-13-11-17(20-7-1-2-8-21(20)23)16-18(22-9-3-4-14-24-22)10-12-19-6-5-15-26-19/h1-9,11,13-14,16,19,25H,10,12,15H2/b18-16-/t19-/m0/s1. The quantitative estimate of drug-likeness (QED) is 0.646. The molecule has 0 radical (unpaired) electrons. The molecule has 0 bridgehead atoms. The molecule has 3 heteroatoms. The molecule has 0 spiro atoms. The smallest absolute Gasteiger partial charge is 0.123 e. The number of ether oxygens (including phenoxy) is 1. The number of nitrogens with zero attached hydrogens (tertiary/aromatic N) is 1. The summed E-state index contributed by atoms with van der Waals surface area (Å²) in [5, 5.41) is 12.0. The van der Waals surface area contributed by atoms with Crippen molar-refractivity contribution in [1.29, 1.82) is 0 Å². The lowest BCUT2D eigenvalue weighted by atomic mass is 9.97. The highest BCUT2D eigenvalue weighted by Gasteiger charge is 2.13. The number of benzene rings is 2. The van der Waals surface area contributed by atoms with E-state index in [0.29, 0.717) is 12.4 Å². The Balaban J connectivity index is 1.73. The number of rotatable bonds is 5. The van der Waals surface area contributed by atoms with Crippen molar-refractivity contribution in [3.63, 3.8) is 0 Å². The van der Waals surface area contributed by atoms with Gasteiger partial charge in [0.15, 0.2) is 0 Å². The van der Waals surface area contributed by atoms with Gasteiger partial charge in [-0.15, -0.1) is 0 Å². The SMILES string of the molecule is Oc1ccc(/C=C(/CC[C@@H]2C=CCO2)c2ccccn2)c2ccccc12. The van der Waals surface area contributed by atoms with Crippen LogP contribution < -0.4 is 0 Å². The second-order valence-corrected chi connectivity index (χ2v) is 6.44. The molecule has 0 saturated heterocycles. The monoisotopic (exact) mass is 343 g/mol. The van der Waals surface area contributed by atoms with E-state index < -0.39 is 0 Å². The first kappa shape index (κ1) is 16.6. The van der Waals surface area contributed by atoms with Gasteiger partial charge in [-0.3, -0.25) is 4.98 Å². The lowest BCUT2D eigenvalue weighted by molar-refractivity contribution is 0.123. The number of pyridine rings is 1. The number of aromatic hydroxyl groups is 1. The summed E-state index contributed by atoms with van der Waals surface area (Å²) in [6, 6.07) is 17.6. The van der Waals surface area contributed by atoms with Crippen LogP contribution in [0.4, 0.5) is 0 Å². The van der Waals surface area contributed by atoms with Crippen LogP contribution in [-0.2, 0) is 4.74 Å². The van der Waals surface area contributed by atoms with Crippen LogP contribution in [-0.4, -0.2) is 22.8 Å². The molecule has 2 heterocycles. The maximum Gasteiger partial charge on any atom is 0.123 e. The van der Waals surface area contributed by atoms with Crippen LogP contribution in [0.5, 0.6) is 5.75 Å². The Hall–Kier alpha value is -2.91. The first-order valence-corrected chi connectivity index (χ1v) is 8.92. The van der Waals surface area contributed by atoms with Gasteiger partial charge >= 0.3 is 0 Å². The van der Waals surface area contributed by atoms with E-state index in [9.17, 15) is 5.11 Å². The van der Waals surface area contributed by atoms with Crippen LogP contribution >= 0.6 is 0 Å². The highest BCUT2D eigenvalue weighted by molar-refractivity contribution is 5.98. The topological polar surface area (TPSA) is 42.4 Å². The predicted molar refractivity (Wildman–Crippen MR) is 106 cm³/mol. The van der Waals surface area contributed by atoms with E-state index in [1.54, 1.807) is 6.07 Å². The van der Waals surface area contributed by atoms with Crippen molar-refractivity contribution < 1.29 is 9.84 Å². The van der Waals surface area contributed by atoms with Crippen molar-refractivity contribution in [1.82, 2.24) is 4.98 Å². The van der Waals surface area contributed by atoms with E-state index in [1.165, 1.54) is 5.57 Å². The molecular weight excluding hydrogens is 322 g/mol. The summed E-state index contributed by atoms with van der Waals surface area (Å²) in [7, 11) is 0. The third-order valence-corrected chi connectivity index (χ3v) is 4.71. The fraction of sp³-hybridized carbons (Fsp3) is 0.174. The number of fused-ring (bicyclic) bond motifs is 1. The lowest BCUT2D eigenvalue weighted by Crippen LogP contribution is -2.04. The molecule has 0 unspecified atom stereocenters. The summed E-state index contributed by atoms with van der Waals surface area (Å²) in [6.45, 7) is 0.704. The molecule has 1 aliphatic heterocycles. The highest BCUT2D eigenvalue weighted by atomic mass is 16.5. The zero-order valence-corrected chi connectivity index (χ0v) is 14.5. The molecule has 1 aromatic heterocycles. The molecule has 0 saturated carbocycles. The lowest BCUT2D eigenvalue weighted by Gasteiger charge is -2.12. The zero-order valence-electron chi connectivity index (χ0n) is 14.5. The molecule has 0 amide bonds. The first-order valence-electron chi connectivity index (χ1n) is 8.92. The van der Waals surface area contributed by atoms with Crippen LogP contribution in [0.25, 0.3) is 22.4 Å². The van der Waals surface area contributed by atoms with E-state index in [2.05, 4.69) is 23.2 Å². The number of hydrogen-bond acceptors (Lipinski definition) is 3. The summed E-state index contributed by atoms with van der Waals surface area (Å²) in [5.41, 5.74) is 3.24. The van der Waals surface area contributed by atoms with Crippen LogP contribution in [0.2, 0.25) is 0 Å². The Labute approximate surface area is 153 Å². The van der Waals surface area contributed by atoms with Crippen molar-refractivity contribution in [3.05, 3.63) is 84.2 Å². The molecule has 26 heavy (non-hydrogen) atoms. The van der Waals surface area contributed by atoms with Crippen molar-refractivity contribution >= 4 is 22.4 Å². The van der Waals surface area contributed by atoms with Crippen molar-refractivity contribution in [2.24, 2.45) is 0 Å². The van der Waals surface area contributed by atoms with Gasteiger partial charge in [0.2, 0.25) is 0 Å².